The Morgan fingerprint density at radius 3 is 2.57 bits per heavy atom. The summed E-state index contributed by atoms with van der Waals surface area (Å²) in [6.07, 6.45) is 5.74. The molecule has 0 aliphatic carbocycles. The van der Waals surface area contributed by atoms with E-state index in [0.717, 1.165) is 35.8 Å². The number of hydrogen-bond donors (Lipinski definition) is 0. The summed E-state index contributed by atoms with van der Waals surface area (Å²) in [5.74, 6) is 0.000740. The Morgan fingerprint density at radius 2 is 1.91 bits per heavy atom. The van der Waals surface area contributed by atoms with Crippen LogP contribution in [0.5, 0.6) is 5.75 Å². The molecular weight excluding hydrogens is 296 g/mol. The van der Waals surface area contributed by atoms with Gasteiger partial charge < -0.3 is 14.2 Å². The molecule has 0 aliphatic heterocycles. The van der Waals surface area contributed by atoms with Gasteiger partial charge in [0.2, 0.25) is 0 Å². The van der Waals surface area contributed by atoms with Crippen molar-refractivity contribution in [2.45, 2.75) is 19.8 Å². The van der Waals surface area contributed by atoms with Gasteiger partial charge in [-0.1, -0.05) is 12.6 Å². The Hall–Kier alpha value is -2.56. The summed E-state index contributed by atoms with van der Waals surface area (Å²) in [5, 5.41) is 0. The highest BCUT2D eigenvalue weighted by Gasteiger charge is 2.01. The van der Waals surface area contributed by atoms with Crippen molar-refractivity contribution >= 4 is 18.0 Å². The second-order valence-electron chi connectivity index (χ2n) is 4.81. The van der Waals surface area contributed by atoms with E-state index >= 15 is 0 Å². The smallest absolute Gasteiger partial charge is 0.330 e. The summed E-state index contributed by atoms with van der Waals surface area (Å²) in [4.78, 5) is 21.9. The van der Waals surface area contributed by atoms with Crippen LogP contribution in [0.1, 0.15) is 24.0 Å². The van der Waals surface area contributed by atoms with Gasteiger partial charge in [0.15, 0.2) is 0 Å². The molecule has 0 bridgehead atoms. The van der Waals surface area contributed by atoms with E-state index in [1.54, 1.807) is 6.08 Å². The molecule has 0 saturated carbocycles. The lowest BCUT2D eigenvalue weighted by Crippen LogP contribution is -2.04. The van der Waals surface area contributed by atoms with Gasteiger partial charge >= 0.3 is 11.9 Å². The molecule has 124 valence electrons. The number of benzene rings is 1. The molecule has 0 heterocycles. The number of unbranched alkanes of at least 4 members (excludes halogenated alkanes) is 1. The average Bonchev–Trinajstić information content (AvgIpc) is 2.56. The van der Waals surface area contributed by atoms with Crippen LogP contribution in [0.2, 0.25) is 0 Å². The summed E-state index contributed by atoms with van der Waals surface area (Å²) >= 11 is 0. The predicted octanol–water partition coefficient (Wildman–Crippen LogP) is 3.07. The first-order chi connectivity index (χ1) is 11.1. The first kappa shape index (κ1) is 18.5. The van der Waals surface area contributed by atoms with Gasteiger partial charge in [0.25, 0.3) is 0 Å². The van der Waals surface area contributed by atoms with E-state index in [1.807, 2.05) is 25.1 Å². The van der Waals surface area contributed by atoms with E-state index in [2.05, 4.69) is 11.3 Å². The molecule has 0 saturated heterocycles. The van der Waals surface area contributed by atoms with Crippen LogP contribution in [-0.4, -0.2) is 32.3 Å². The van der Waals surface area contributed by atoms with Gasteiger partial charge in [-0.25, -0.2) is 9.59 Å². The lowest BCUT2D eigenvalue weighted by molar-refractivity contribution is -0.138. The van der Waals surface area contributed by atoms with Crippen molar-refractivity contribution in [1.82, 2.24) is 0 Å². The van der Waals surface area contributed by atoms with Crippen LogP contribution in [-0.2, 0) is 19.1 Å². The number of rotatable bonds is 9. The minimum absolute atomic E-state index is 0.366. The Kier molecular flexibility index (Phi) is 8.21. The molecule has 5 nitrogen and oxygen atoms in total. The summed E-state index contributed by atoms with van der Waals surface area (Å²) in [7, 11) is 1.34. The SMILES string of the molecule is C=CC(=O)OCCCCOc1ccc(C=CC(=O)OC)cc1C. The molecule has 0 spiro atoms. The number of aryl methyl sites for hydroxylation is 1. The fourth-order valence-electron chi connectivity index (χ4n) is 1.79. The quantitative estimate of drug-likeness (QED) is 0.398. The molecule has 5 heteroatoms. The van der Waals surface area contributed by atoms with Gasteiger partial charge in [0.05, 0.1) is 20.3 Å². The number of esters is 2. The second kappa shape index (κ2) is 10.2. The van der Waals surface area contributed by atoms with Crippen molar-refractivity contribution in [2.75, 3.05) is 20.3 Å². The molecule has 0 fully saturated rings. The van der Waals surface area contributed by atoms with Crippen molar-refractivity contribution in [3.05, 3.63) is 48.1 Å². The Bertz CT molecular complexity index is 575. The van der Waals surface area contributed by atoms with Crippen molar-refractivity contribution in [3.63, 3.8) is 0 Å². The van der Waals surface area contributed by atoms with Gasteiger partial charge in [0.1, 0.15) is 5.75 Å². The van der Waals surface area contributed by atoms with Crippen LogP contribution in [0.3, 0.4) is 0 Å². The van der Waals surface area contributed by atoms with Crippen LogP contribution in [0.25, 0.3) is 6.08 Å². The van der Waals surface area contributed by atoms with Crippen LogP contribution in [0, 0.1) is 6.92 Å². The topological polar surface area (TPSA) is 61.8 Å². The number of hydrogen-bond acceptors (Lipinski definition) is 5. The normalized spacial score (nSPS) is 10.3. The third-order valence-electron chi connectivity index (χ3n) is 3.02. The maximum atomic E-state index is 11.1. The molecule has 0 aliphatic rings. The fraction of sp³-hybridized carbons (Fsp3) is 0.333. The van der Waals surface area contributed by atoms with Crippen molar-refractivity contribution < 1.29 is 23.8 Å². The summed E-state index contributed by atoms with van der Waals surface area (Å²) < 4.78 is 15.1. The zero-order valence-electron chi connectivity index (χ0n) is 13.5. The highest BCUT2D eigenvalue weighted by atomic mass is 16.5. The highest BCUT2D eigenvalue weighted by Crippen LogP contribution is 2.20. The first-order valence-corrected chi connectivity index (χ1v) is 7.35. The monoisotopic (exact) mass is 318 g/mol. The van der Waals surface area contributed by atoms with Crippen molar-refractivity contribution in [1.29, 1.82) is 0 Å². The molecule has 0 unspecified atom stereocenters. The molecule has 1 rings (SSSR count). The minimum atomic E-state index is -0.405. The number of carbonyl (C=O) groups excluding carboxylic acids is 2. The number of carbonyl (C=O) groups is 2. The molecule has 0 radical (unpaired) electrons. The van der Waals surface area contributed by atoms with Crippen LogP contribution < -0.4 is 4.74 Å². The summed E-state index contributed by atoms with van der Waals surface area (Å²) in [5.41, 5.74) is 1.88. The van der Waals surface area contributed by atoms with E-state index in [1.165, 1.54) is 13.2 Å². The van der Waals surface area contributed by atoms with Crippen LogP contribution >= 0.6 is 0 Å². The fourth-order valence-corrected chi connectivity index (χ4v) is 1.79. The van der Waals surface area contributed by atoms with Gasteiger partial charge in [-0.15, -0.1) is 0 Å². The molecule has 0 atom stereocenters. The molecule has 23 heavy (non-hydrogen) atoms. The number of methoxy groups -OCH3 is 1. The predicted molar refractivity (Wildman–Crippen MR) is 88.1 cm³/mol. The van der Waals surface area contributed by atoms with E-state index in [-0.39, 0.29) is 5.97 Å². The van der Waals surface area contributed by atoms with E-state index in [9.17, 15) is 9.59 Å². The zero-order chi connectivity index (χ0) is 17.1. The Morgan fingerprint density at radius 1 is 1.17 bits per heavy atom. The second-order valence-corrected chi connectivity index (χ2v) is 4.81. The zero-order valence-corrected chi connectivity index (χ0v) is 13.5. The maximum absolute atomic E-state index is 11.1. The van der Waals surface area contributed by atoms with Crippen LogP contribution in [0.15, 0.2) is 36.9 Å². The van der Waals surface area contributed by atoms with Crippen LogP contribution in [0.4, 0.5) is 0 Å². The Labute approximate surface area is 136 Å². The highest BCUT2D eigenvalue weighted by molar-refractivity contribution is 5.87. The van der Waals surface area contributed by atoms with E-state index in [0.29, 0.717) is 13.2 Å². The van der Waals surface area contributed by atoms with E-state index < -0.39 is 5.97 Å². The molecule has 0 aromatic heterocycles. The van der Waals surface area contributed by atoms with Gasteiger partial charge in [-0.2, -0.15) is 0 Å². The van der Waals surface area contributed by atoms with Crippen molar-refractivity contribution in [2.24, 2.45) is 0 Å². The minimum Gasteiger partial charge on any atom is -0.493 e. The largest absolute Gasteiger partial charge is 0.493 e. The third-order valence-corrected chi connectivity index (χ3v) is 3.02. The average molecular weight is 318 g/mol. The summed E-state index contributed by atoms with van der Waals surface area (Å²) in [6.45, 7) is 6.18. The lowest BCUT2D eigenvalue weighted by Gasteiger charge is -2.09. The molecule has 0 amide bonds. The lowest BCUT2D eigenvalue weighted by atomic mass is 10.1. The summed E-state index contributed by atoms with van der Waals surface area (Å²) in [6, 6.07) is 5.66. The molecule has 1 aromatic carbocycles. The standard InChI is InChI=1S/C18H22O5/c1-4-17(19)23-12-6-5-11-22-16-9-7-15(13-14(16)2)8-10-18(20)21-3/h4,7-10,13H,1,5-6,11-12H2,2-3H3. The van der Waals surface area contributed by atoms with Gasteiger partial charge in [-0.05, 0) is 49.1 Å². The van der Waals surface area contributed by atoms with Crippen molar-refractivity contribution in [3.8, 4) is 5.75 Å². The first-order valence-electron chi connectivity index (χ1n) is 7.35. The van der Waals surface area contributed by atoms with Gasteiger partial charge in [-0.3, -0.25) is 0 Å². The molecule has 1 aromatic rings. The van der Waals surface area contributed by atoms with Gasteiger partial charge in [0, 0.05) is 12.2 Å². The number of ether oxygens (including phenoxy) is 3. The molecule has 0 N–H and O–H groups in total. The molecular formula is C18H22O5. The Balaban J connectivity index is 2.38. The third kappa shape index (κ3) is 7.31. The van der Waals surface area contributed by atoms with E-state index in [4.69, 9.17) is 9.47 Å². The maximum Gasteiger partial charge on any atom is 0.330 e.